The summed E-state index contributed by atoms with van der Waals surface area (Å²) in [5.41, 5.74) is 4.07. The third-order valence-corrected chi connectivity index (χ3v) is 5.55. The van der Waals surface area contributed by atoms with Gasteiger partial charge in [0, 0.05) is 31.4 Å². The largest absolute Gasteiger partial charge is 0.423 e. The number of carbonyl (C=O) groups is 1. The number of nitrogens with zero attached hydrogens (tertiary/aromatic N) is 5. The van der Waals surface area contributed by atoms with Gasteiger partial charge in [0.2, 0.25) is 5.91 Å². The number of para-hydroxylation sites is 2. The van der Waals surface area contributed by atoms with Crippen molar-refractivity contribution in [1.82, 2.24) is 19.7 Å². The molecule has 1 N–H and O–H groups in total. The second kappa shape index (κ2) is 6.88. The SMILES string of the molecule is Cc1nn(C)c2ncc(NC(=O)C3CCN(c4nc5ccccc5o4)CC3)cc12. The number of benzene rings is 1. The van der Waals surface area contributed by atoms with Gasteiger partial charge in [0.1, 0.15) is 5.52 Å². The van der Waals surface area contributed by atoms with Crippen molar-refractivity contribution >= 4 is 39.7 Å². The number of hydrogen-bond donors (Lipinski definition) is 1. The fourth-order valence-electron chi connectivity index (χ4n) is 3.95. The first-order valence-electron chi connectivity index (χ1n) is 9.79. The molecular weight excluding hydrogens is 368 g/mol. The smallest absolute Gasteiger partial charge is 0.298 e. The molecule has 148 valence electrons. The van der Waals surface area contributed by atoms with Gasteiger partial charge in [-0.3, -0.25) is 9.48 Å². The number of hydrogen-bond acceptors (Lipinski definition) is 6. The molecule has 8 nitrogen and oxygen atoms in total. The summed E-state index contributed by atoms with van der Waals surface area (Å²) in [5, 5.41) is 8.35. The Balaban J connectivity index is 1.24. The Morgan fingerprint density at radius 2 is 2.03 bits per heavy atom. The Bertz CT molecular complexity index is 1170. The van der Waals surface area contributed by atoms with Gasteiger partial charge < -0.3 is 14.6 Å². The molecule has 8 heteroatoms. The number of aryl methyl sites for hydroxylation is 2. The van der Waals surface area contributed by atoms with Crippen LogP contribution in [0.25, 0.3) is 22.1 Å². The number of rotatable bonds is 3. The van der Waals surface area contributed by atoms with Crippen molar-refractivity contribution in [2.45, 2.75) is 19.8 Å². The summed E-state index contributed by atoms with van der Waals surface area (Å²) in [5.74, 6) is -0.00812. The molecule has 1 fully saturated rings. The molecular formula is C21H22N6O2. The van der Waals surface area contributed by atoms with Crippen LogP contribution in [0.1, 0.15) is 18.5 Å². The van der Waals surface area contributed by atoms with Gasteiger partial charge in [-0.1, -0.05) is 12.1 Å². The van der Waals surface area contributed by atoms with Crippen LogP contribution in [0.4, 0.5) is 11.7 Å². The molecule has 0 atom stereocenters. The first kappa shape index (κ1) is 17.7. The van der Waals surface area contributed by atoms with Gasteiger partial charge in [0.15, 0.2) is 11.2 Å². The standard InChI is InChI=1S/C21H22N6O2/c1-13-16-11-15(12-22-19(16)26(2)25-13)23-20(28)14-7-9-27(10-8-14)21-24-17-5-3-4-6-18(17)29-21/h3-6,11-12,14H,7-10H2,1-2H3,(H,23,28). The van der Waals surface area contributed by atoms with Gasteiger partial charge in [0.05, 0.1) is 17.6 Å². The highest BCUT2D eigenvalue weighted by Gasteiger charge is 2.27. The van der Waals surface area contributed by atoms with Crippen LogP contribution in [0.3, 0.4) is 0 Å². The van der Waals surface area contributed by atoms with E-state index in [9.17, 15) is 4.79 Å². The van der Waals surface area contributed by atoms with Crippen molar-refractivity contribution in [1.29, 1.82) is 0 Å². The number of fused-ring (bicyclic) bond motifs is 2. The number of nitrogens with one attached hydrogen (secondary N) is 1. The molecule has 0 saturated carbocycles. The monoisotopic (exact) mass is 390 g/mol. The lowest BCUT2D eigenvalue weighted by atomic mass is 9.96. The first-order chi connectivity index (χ1) is 14.1. The number of anilines is 2. The normalized spacial score (nSPS) is 15.3. The molecule has 3 aromatic heterocycles. The van der Waals surface area contributed by atoms with Crippen LogP contribution in [0.2, 0.25) is 0 Å². The number of piperidine rings is 1. The fraction of sp³-hybridized carbons (Fsp3) is 0.333. The second-order valence-electron chi connectivity index (χ2n) is 7.52. The summed E-state index contributed by atoms with van der Waals surface area (Å²) >= 11 is 0. The van der Waals surface area contributed by atoms with E-state index in [4.69, 9.17) is 4.42 Å². The predicted molar refractivity (Wildman–Crippen MR) is 111 cm³/mol. The zero-order valence-electron chi connectivity index (χ0n) is 16.4. The van der Waals surface area contributed by atoms with Crippen LogP contribution in [-0.4, -0.2) is 38.7 Å². The summed E-state index contributed by atoms with van der Waals surface area (Å²) in [4.78, 5) is 23.9. The van der Waals surface area contributed by atoms with Gasteiger partial charge in [-0.25, -0.2) is 4.98 Å². The van der Waals surface area contributed by atoms with E-state index in [2.05, 4.69) is 25.3 Å². The summed E-state index contributed by atoms with van der Waals surface area (Å²) in [6.45, 7) is 3.42. The van der Waals surface area contributed by atoms with Crippen molar-refractivity contribution < 1.29 is 9.21 Å². The fourth-order valence-corrected chi connectivity index (χ4v) is 3.95. The van der Waals surface area contributed by atoms with E-state index < -0.39 is 0 Å². The lowest BCUT2D eigenvalue weighted by Crippen LogP contribution is -2.38. The molecule has 1 aromatic carbocycles. The summed E-state index contributed by atoms with van der Waals surface area (Å²) in [7, 11) is 1.87. The molecule has 4 aromatic rings. The highest BCUT2D eigenvalue weighted by Crippen LogP contribution is 2.27. The maximum atomic E-state index is 12.8. The highest BCUT2D eigenvalue weighted by molar-refractivity contribution is 5.94. The van der Waals surface area contributed by atoms with Crippen molar-refractivity contribution in [2.24, 2.45) is 13.0 Å². The number of oxazole rings is 1. The maximum Gasteiger partial charge on any atom is 0.298 e. The van der Waals surface area contributed by atoms with E-state index in [1.807, 2.05) is 44.3 Å². The summed E-state index contributed by atoms with van der Waals surface area (Å²) in [6.07, 6.45) is 3.20. The number of carbonyl (C=O) groups excluding carboxylic acids is 1. The van der Waals surface area contributed by atoms with Crippen LogP contribution >= 0.6 is 0 Å². The molecule has 0 unspecified atom stereocenters. The molecule has 0 spiro atoms. The summed E-state index contributed by atoms with van der Waals surface area (Å²) < 4.78 is 7.60. The topological polar surface area (TPSA) is 89.1 Å². The van der Waals surface area contributed by atoms with E-state index in [1.54, 1.807) is 10.9 Å². The van der Waals surface area contributed by atoms with Crippen LogP contribution in [0.5, 0.6) is 0 Å². The Morgan fingerprint density at radius 1 is 1.24 bits per heavy atom. The van der Waals surface area contributed by atoms with Crippen LogP contribution in [0.15, 0.2) is 40.9 Å². The predicted octanol–water partition coefficient (Wildman–Crippen LogP) is 3.27. The zero-order valence-corrected chi connectivity index (χ0v) is 16.4. The molecule has 29 heavy (non-hydrogen) atoms. The molecule has 0 bridgehead atoms. The van der Waals surface area contributed by atoms with Crippen molar-refractivity contribution in [2.75, 3.05) is 23.3 Å². The van der Waals surface area contributed by atoms with E-state index in [0.29, 0.717) is 11.7 Å². The third-order valence-electron chi connectivity index (χ3n) is 5.55. The Hall–Kier alpha value is -3.42. The molecule has 0 radical (unpaired) electrons. The van der Waals surface area contributed by atoms with Crippen LogP contribution in [-0.2, 0) is 11.8 Å². The third kappa shape index (κ3) is 3.20. The molecule has 1 aliphatic rings. The zero-order chi connectivity index (χ0) is 20.0. The van der Waals surface area contributed by atoms with Crippen molar-refractivity contribution in [3.8, 4) is 0 Å². The molecule has 0 aliphatic carbocycles. The number of amides is 1. The lowest BCUT2D eigenvalue weighted by molar-refractivity contribution is -0.120. The molecule has 1 saturated heterocycles. The van der Waals surface area contributed by atoms with Crippen LogP contribution in [0, 0.1) is 12.8 Å². The van der Waals surface area contributed by atoms with Gasteiger partial charge >= 0.3 is 0 Å². The van der Waals surface area contributed by atoms with Gasteiger partial charge in [-0.15, -0.1) is 0 Å². The maximum absolute atomic E-state index is 12.8. The van der Waals surface area contributed by atoms with E-state index in [-0.39, 0.29) is 11.8 Å². The Kier molecular flexibility index (Phi) is 4.19. The van der Waals surface area contributed by atoms with E-state index in [1.165, 1.54) is 0 Å². The Labute approximate surface area is 167 Å². The van der Waals surface area contributed by atoms with Crippen molar-refractivity contribution in [3.63, 3.8) is 0 Å². The molecule has 5 rings (SSSR count). The average Bonchev–Trinajstić information content (AvgIpc) is 3.29. The molecule has 1 amide bonds. The van der Waals surface area contributed by atoms with Gasteiger partial charge in [-0.2, -0.15) is 10.1 Å². The second-order valence-corrected chi connectivity index (χ2v) is 7.52. The Morgan fingerprint density at radius 3 is 2.83 bits per heavy atom. The minimum atomic E-state index is -0.0404. The average molecular weight is 390 g/mol. The van der Waals surface area contributed by atoms with Crippen molar-refractivity contribution in [3.05, 3.63) is 42.2 Å². The summed E-state index contributed by atoms with van der Waals surface area (Å²) in [6, 6.07) is 10.3. The van der Waals surface area contributed by atoms with E-state index in [0.717, 1.165) is 53.8 Å². The minimum Gasteiger partial charge on any atom is -0.423 e. The highest BCUT2D eigenvalue weighted by atomic mass is 16.4. The first-order valence-corrected chi connectivity index (χ1v) is 9.79. The number of pyridine rings is 1. The van der Waals surface area contributed by atoms with Gasteiger partial charge in [-0.05, 0) is 38.0 Å². The molecule has 1 aliphatic heterocycles. The quantitative estimate of drug-likeness (QED) is 0.577. The minimum absolute atomic E-state index is 0.0323. The number of aromatic nitrogens is 4. The van der Waals surface area contributed by atoms with Gasteiger partial charge in [0.25, 0.3) is 6.01 Å². The lowest BCUT2D eigenvalue weighted by Gasteiger charge is -2.30. The van der Waals surface area contributed by atoms with Crippen LogP contribution < -0.4 is 10.2 Å². The van der Waals surface area contributed by atoms with E-state index >= 15 is 0 Å². The molecule has 4 heterocycles.